The average Bonchev–Trinajstić information content (AvgIpc) is 2.83. The number of aryl methyl sites for hydroxylation is 1. The molecule has 0 atom stereocenters. The highest BCUT2D eigenvalue weighted by molar-refractivity contribution is 6.35. The van der Waals surface area contributed by atoms with E-state index in [1.54, 1.807) is 24.3 Å². The van der Waals surface area contributed by atoms with Gasteiger partial charge in [0.2, 0.25) is 0 Å². The highest BCUT2D eigenvalue weighted by Crippen LogP contribution is 2.13. The molecule has 0 bridgehead atoms. The minimum absolute atomic E-state index is 0.160. The highest BCUT2D eigenvalue weighted by atomic mass is 16.5. The molecule has 8 heteroatoms. The third-order valence-corrected chi connectivity index (χ3v) is 4.45. The molecule has 0 unspecified atom stereocenters. The summed E-state index contributed by atoms with van der Waals surface area (Å²) in [6.45, 7) is 2.05. The lowest BCUT2D eigenvalue weighted by Gasteiger charge is -2.08. The zero-order valence-corrected chi connectivity index (χ0v) is 18.1. The molecule has 0 aliphatic rings. The molecule has 0 spiro atoms. The van der Waals surface area contributed by atoms with Gasteiger partial charge >= 0.3 is 11.8 Å². The molecule has 0 aromatic heterocycles. The van der Waals surface area contributed by atoms with Crippen molar-refractivity contribution in [3.8, 4) is 5.75 Å². The van der Waals surface area contributed by atoms with Crippen molar-refractivity contribution in [2.24, 2.45) is 5.10 Å². The van der Waals surface area contributed by atoms with E-state index in [1.807, 2.05) is 61.5 Å². The van der Waals surface area contributed by atoms with Crippen LogP contribution in [0.1, 0.15) is 16.7 Å². The summed E-state index contributed by atoms with van der Waals surface area (Å²) >= 11 is 0. The Labute approximate surface area is 191 Å². The molecule has 0 radical (unpaired) electrons. The average molecular weight is 444 g/mol. The third kappa shape index (κ3) is 7.95. The largest absolute Gasteiger partial charge is 0.484 e. The van der Waals surface area contributed by atoms with Crippen LogP contribution < -0.4 is 20.8 Å². The minimum atomic E-state index is -0.873. The van der Waals surface area contributed by atoms with E-state index in [0.717, 1.165) is 11.1 Å². The molecule has 8 nitrogen and oxygen atoms in total. The fraction of sp³-hybridized carbons (Fsp3) is 0.120. The summed E-state index contributed by atoms with van der Waals surface area (Å²) in [6, 6.07) is 23.5. The van der Waals surface area contributed by atoms with Crippen LogP contribution in [-0.2, 0) is 20.9 Å². The van der Waals surface area contributed by atoms with E-state index < -0.39 is 11.8 Å². The lowest BCUT2D eigenvalue weighted by Crippen LogP contribution is -2.37. The van der Waals surface area contributed by atoms with Crippen LogP contribution >= 0.6 is 0 Å². The van der Waals surface area contributed by atoms with Gasteiger partial charge in [-0.25, -0.2) is 5.43 Å². The summed E-state index contributed by atoms with van der Waals surface area (Å²) in [7, 11) is 0. The standard InChI is InChI=1S/C25H24N4O4/c1-18-10-12-21(13-11-18)28-23(30)17-33-22-9-5-8-20(14-22)16-27-29-25(32)24(31)26-15-19-6-3-2-4-7-19/h2-14,16H,15,17H2,1H3,(H,26,31)(H,28,30)(H,29,32)/b27-16-. The molecular weight excluding hydrogens is 420 g/mol. The Kier molecular flexibility index (Phi) is 8.30. The van der Waals surface area contributed by atoms with Gasteiger partial charge in [0.1, 0.15) is 5.75 Å². The lowest BCUT2D eigenvalue weighted by molar-refractivity contribution is -0.139. The number of hydrazone groups is 1. The summed E-state index contributed by atoms with van der Waals surface area (Å²) in [5.74, 6) is -1.48. The van der Waals surface area contributed by atoms with E-state index in [1.165, 1.54) is 6.21 Å². The molecule has 0 heterocycles. The van der Waals surface area contributed by atoms with E-state index >= 15 is 0 Å². The molecule has 0 saturated heterocycles. The van der Waals surface area contributed by atoms with Crippen LogP contribution in [0.5, 0.6) is 5.75 Å². The molecule has 3 aromatic rings. The van der Waals surface area contributed by atoms with Crippen LogP contribution in [-0.4, -0.2) is 30.5 Å². The Bertz CT molecular complexity index is 1130. The van der Waals surface area contributed by atoms with E-state index in [-0.39, 0.29) is 19.1 Å². The van der Waals surface area contributed by atoms with Crippen molar-refractivity contribution in [3.05, 3.63) is 95.6 Å². The number of nitrogens with zero attached hydrogens (tertiary/aromatic N) is 1. The first kappa shape index (κ1) is 23.2. The minimum Gasteiger partial charge on any atom is -0.484 e. The van der Waals surface area contributed by atoms with Gasteiger partial charge < -0.3 is 15.4 Å². The first-order valence-electron chi connectivity index (χ1n) is 10.2. The smallest absolute Gasteiger partial charge is 0.329 e. The third-order valence-electron chi connectivity index (χ3n) is 4.45. The van der Waals surface area contributed by atoms with Crippen LogP contribution in [0.3, 0.4) is 0 Å². The molecule has 0 aliphatic carbocycles. The molecule has 33 heavy (non-hydrogen) atoms. The topological polar surface area (TPSA) is 109 Å². The fourth-order valence-corrected chi connectivity index (χ4v) is 2.74. The number of hydrogen-bond acceptors (Lipinski definition) is 5. The molecule has 0 aliphatic heterocycles. The van der Waals surface area contributed by atoms with Crippen molar-refractivity contribution in [2.45, 2.75) is 13.5 Å². The van der Waals surface area contributed by atoms with Gasteiger partial charge in [0.25, 0.3) is 5.91 Å². The second-order valence-corrected chi connectivity index (χ2v) is 7.14. The Hall–Kier alpha value is -4.46. The fourth-order valence-electron chi connectivity index (χ4n) is 2.74. The molecule has 3 aromatic carbocycles. The molecule has 3 N–H and O–H groups in total. The Morgan fingerprint density at radius 3 is 2.42 bits per heavy atom. The zero-order chi connectivity index (χ0) is 23.5. The van der Waals surface area contributed by atoms with Gasteiger partial charge in [-0.1, -0.05) is 60.2 Å². The van der Waals surface area contributed by atoms with Crippen molar-refractivity contribution in [1.82, 2.24) is 10.7 Å². The molecule has 3 rings (SSSR count). The number of amides is 3. The molecular formula is C25H24N4O4. The van der Waals surface area contributed by atoms with Crippen LogP contribution in [0.15, 0.2) is 84.0 Å². The van der Waals surface area contributed by atoms with Gasteiger partial charge in [-0.2, -0.15) is 5.10 Å². The summed E-state index contributed by atoms with van der Waals surface area (Å²) in [6.07, 6.45) is 1.38. The van der Waals surface area contributed by atoms with Crippen molar-refractivity contribution in [1.29, 1.82) is 0 Å². The Balaban J connectivity index is 1.43. The van der Waals surface area contributed by atoms with Crippen molar-refractivity contribution >= 4 is 29.6 Å². The first-order chi connectivity index (χ1) is 16.0. The summed E-state index contributed by atoms with van der Waals surface area (Å²) in [5, 5.41) is 9.07. The van der Waals surface area contributed by atoms with Crippen LogP contribution in [0.4, 0.5) is 5.69 Å². The van der Waals surface area contributed by atoms with Gasteiger partial charge in [0, 0.05) is 12.2 Å². The number of rotatable bonds is 8. The maximum Gasteiger partial charge on any atom is 0.329 e. The summed E-state index contributed by atoms with van der Waals surface area (Å²) in [4.78, 5) is 35.8. The number of hydrogen-bond donors (Lipinski definition) is 3. The van der Waals surface area contributed by atoms with Crippen LogP contribution in [0.2, 0.25) is 0 Å². The van der Waals surface area contributed by atoms with Gasteiger partial charge in [-0.15, -0.1) is 0 Å². The maximum atomic E-state index is 12.1. The maximum absolute atomic E-state index is 12.1. The summed E-state index contributed by atoms with van der Waals surface area (Å²) in [5.41, 5.74) is 5.48. The second kappa shape index (κ2) is 11.8. The summed E-state index contributed by atoms with van der Waals surface area (Å²) < 4.78 is 5.52. The molecule has 0 saturated carbocycles. The Morgan fingerprint density at radius 2 is 1.67 bits per heavy atom. The molecule has 0 fully saturated rings. The highest BCUT2D eigenvalue weighted by Gasteiger charge is 2.11. The number of benzene rings is 3. The number of ether oxygens (including phenoxy) is 1. The quantitative estimate of drug-likeness (QED) is 0.282. The number of carbonyl (C=O) groups is 3. The molecule has 168 valence electrons. The number of carbonyl (C=O) groups excluding carboxylic acids is 3. The van der Waals surface area contributed by atoms with Gasteiger partial charge in [0.15, 0.2) is 6.61 Å². The van der Waals surface area contributed by atoms with E-state index in [4.69, 9.17) is 4.74 Å². The van der Waals surface area contributed by atoms with Crippen molar-refractivity contribution in [3.63, 3.8) is 0 Å². The number of anilines is 1. The lowest BCUT2D eigenvalue weighted by atomic mass is 10.2. The number of nitrogens with one attached hydrogen (secondary N) is 3. The van der Waals surface area contributed by atoms with Gasteiger partial charge in [-0.05, 0) is 42.3 Å². The van der Waals surface area contributed by atoms with Crippen molar-refractivity contribution in [2.75, 3.05) is 11.9 Å². The van der Waals surface area contributed by atoms with E-state index in [9.17, 15) is 14.4 Å². The predicted octanol–water partition coefficient (Wildman–Crippen LogP) is 2.78. The van der Waals surface area contributed by atoms with Gasteiger partial charge in [0.05, 0.1) is 6.21 Å². The first-order valence-corrected chi connectivity index (χ1v) is 10.2. The van der Waals surface area contributed by atoms with Crippen LogP contribution in [0, 0.1) is 6.92 Å². The monoisotopic (exact) mass is 444 g/mol. The molecule has 3 amide bonds. The predicted molar refractivity (Wildman–Crippen MR) is 126 cm³/mol. The Morgan fingerprint density at radius 1 is 0.909 bits per heavy atom. The second-order valence-electron chi connectivity index (χ2n) is 7.14. The van der Waals surface area contributed by atoms with Crippen molar-refractivity contribution < 1.29 is 19.1 Å². The van der Waals surface area contributed by atoms with E-state index in [2.05, 4.69) is 21.2 Å². The SMILES string of the molecule is Cc1ccc(NC(=O)COc2cccc(/C=N\NC(=O)C(=O)NCc3ccccc3)c2)cc1. The van der Waals surface area contributed by atoms with E-state index in [0.29, 0.717) is 17.0 Å². The van der Waals surface area contributed by atoms with Gasteiger partial charge in [-0.3, -0.25) is 14.4 Å². The zero-order valence-electron chi connectivity index (χ0n) is 18.1. The normalized spacial score (nSPS) is 10.5. The van der Waals surface area contributed by atoms with Crippen LogP contribution in [0.25, 0.3) is 0 Å².